The van der Waals surface area contributed by atoms with E-state index in [0.717, 1.165) is 16.7 Å². The minimum Gasteiger partial charge on any atom is -0.481 e. The largest absolute Gasteiger partial charge is 0.524 e. The number of amides is 6. The van der Waals surface area contributed by atoms with E-state index in [4.69, 9.17) is 15.5 Å². The number of carboxylic acid groups (broad SMARTS) is 1. The number of likely N-dealkylation sites (tertiary alicyclic amines) is 2. The first-order valence-corrected chi connectivity index (χ1v) is 16.9. The Morgan fingerprint density at radius 1 is 0.918 bits per heavy atom. The van der Waals surface area contributed by atoms with E-state index < -0.39 is 92.0 Å². The molecule has 3 rings (SSSR count). The summed E-state index contributed by atoms with van der Waals surface area (Å²) in [4.78, 5) is 109. The van der Waals surface area contributed by atoms with E-state index in [2.05, 4.69) is 20.5 Å². The molecule has 9 N–H and O–H groups in total. The predicted octanol–water partition coefficient (Wildman–Crippen LogP) is -2.50. The van der Waals surface area contributed by atoms with E-state index in [1.54, 1.807) is 0 Å². The highest BCUT2D eigenvalue weighted by molar-refractivity contribution is 7.46. The van der Waals surface area contributed by atoms with Gasteiger partial charge in [0, 0.05) is 26.4 Å². The number of phosphoric ester groups is 1. The van der Waals surface area contributed by atoms with Crippen molar-refractivity contribution in [1.82, 2.24) is 25.8 Å². The zero-order valence-electron chi connectivity index (χ0n) is 26.8. The molecule has 0 saturated carbocycles. The smallest absolute Gasteiger partial charge is 0.481 e. The lowest BCUT2D eigenvalue weighted by molar-refractivity contribution is -0.147. The Balaban J connectivity index is 1.75. The zero-order valence-corrected chi connectivity index (χ0v) is 27.7. The fraction of sp³-hybridized carbons (Fsp3) is 0.552. The van der Waals surface area contributed by atoms with Crippen LogP contribution >= 0.6 is 7.82 Å². The van der Waals surface area contributed by atoms with Crippen LogP contribution in [-0.4, -0.2) is 121 Å². The number of hydrogen-bond donors (Lipinski definition) is 8. The number of carboxylic acids is 1. The number of aliphatic hydroxyl groups is 1. The molecule has 0 aliphatic carbocycles. The van der Waals surface area contributed by atoms with Gasteiger partial charge in [0.2, 0.25) is 35.4 Å². The normalized spacial score (nSPS) is 20.0. The van der Waals surface area contributed by atoms with Crippen LogP contribution in [0, 0.1) is 0 Å². The van der Waals surface area contributed by atoms with Gasteiger partial charge in [-0.2, -0.15) is 0 Å². The summed E-state index contributed by atoms with van der Waals surface area (Å²) in [6.07, 6.45) is -1.23. The SMILES string of the molecule is CC(=O)N[C@@H](Cc1ccc(OP(=O)(O)O)cc1)C(=O)N[C@H](C(=O)N1CCC[C@H]1C(=O)N[C@@H](CC(=O)O)C(=O)N1CCC[C@H]1C(N)=O)[C@@H](C)O. The molecule has 2 aliphatic heterocycles. The first-order chi connectivity index (χ1) is 22.9. The molecule has 2 saturated heterocycles. The molecule has 49 heavy (non-hydrogen) atoms. The first kappa shape index (κ1) is 38.9. The van der Waals surface area contributed by atoms with Crippen LogP contribution in [-0.2, 0) is 44.5 Å². The third-order valence-corrected chi connectivity index (χ3v) is 8.47. The molecule has 6 atom stereocenters. The number of aliphatic carboxylic acids is 1. The Morgan fingerprint density at radius 2 is 1.49 bits per heavy atom. The number of rotatable bonds is 15. The summed E-state index contributed by atoms with van der Waals surface area (Å²) in [5, 5.41) is 27.2. The Labute approximate surface area is 280 Å². The van der Waals surface area contributed by atoms with E-state index in [0.29, 0.717) is 18.4 Å². The number of nitrogens with one attached hydrogen (secondary N) is 3. The van der Waals surface area contributed by atoms with E-state index in [-0.39, 0.29) is 38.1 Å². The van der Waals surface area contributed by atoms with Crippen molar-refractivity contribution in [3.05, 3.63) is 29.8 Å². The van der Waals surface area contributed by atoms with E-state index >= 15 is 0 Å². The van der Waals surface area contributed by atoms with Gasteiger partial charge in [0.25, 0.3) is 0 Å². The van der Waals surface area contributed by atoms with Gasteiger partial charge in [-0.1, -0.05) is 12.1 Å². The van der Waals surface area contributed by atoms with Crippen LogP contribution in [0.15, 0.2) is 24.3 Å². The molecule has 19 nitrogen and oxygen atoms in total. The van der Waals surface area contributed by atoms with Crippen LogP contribution in [0.2, 0.25) is 0 Å². The summed E-state index contributed by atoms with van der Waals surface area (Å²) in [7, 11) is -4.81. The van der Waals surface area contributed by atoms with Crippen molar-refractivity contribution < 1.29 is 62.7 Å². The van der Waals surface area contributed by atoms with E-state index in [1.807, 2.05) is 0 Å². The predicted molar refractivity (Wildman–Crippen MR) is 167 cm³/mol. The van der Waals surface area contributed by atoms with Gasteiger partial charge < -0.3 is 46.2 Å². The van der Waals surface area contributed by atoms with Crippen molar-refractivity contribution in [3.8, 4) is 5.75 Å². The monoisotopic (exact) mass is 712 g/mol. The first-order valence-electron chi connectivity index (χ1n) is 15.4. The van der Waals surface area contributed by atoms with Crippen molar-refractivity contribution in [2.24, 2.45) is 5.73 Å². The quantitative estimate of drug-likeness (QED) is 0.0874. The van der Waals surface area contributed by atoms with Crippen LogP contribution in [0.3, 0.4) is 0 Å². The fourth-order valence-electron chi connectivity index (χ4n) is 5.81. The second-order valence-corrected chi connectivity index (χ2v) is 13.0. The van der Waals surface area contributed by atoms with Gasteiger partial charge >= 0.3 is 13.8 Å². The van der Waals surface area contributed by atoms with Gasteiger partial charge in [-0.05, 0) is 50.3 Å². The summed E-state index contributed by atoms with van der Waals surface area (Å²) in [6.45, 7) is 2.55. The fourth-order valence-corrected chi connectivity index (χ4v) is 6.20. The maximum atomic E-state index is 13.7. The van der Waals surface area contributed by atoms with E-state index in [9.17, 15) is 48.3 Å². The highest BCUT2D eigenvalue weighted by Crippen LogP contribution is 2.37. The average Bonchev–Trinajstić information content (AvgIpc) is 3.69. The minimum absolute atomic E-state index is 0.0293. The summed E-state index contributed by atoms with van der Waals surface area (Å²) in [6, 6.07) is -1.28. The number of nitrogens with two attached hydrogens (primary N) is 1. The van der Waals surface area contributed by atoms with Crippen molar-refractivity contribution in [2.75, 3.05) is 13.1 Å². The molecular weight excluding hydrogens is 671 g/mol. The average molecular weight is 713 g/mol. The molecule has 0 bridgehead atoms. The van der Waals surface area contributed by atoms with Crippen LogP contribution in [0.5, 0.6) is 5.75 Å². The van der Waals surface area contributed by atoms with Crippen LogP contribution in [0.1, 0.15) is 51.5 Å². The molecule has 20 heteroatoms. The number of carbonyl (C=O) groups is 7. The van der Waals surface area contributed by atoms with Gasteiger partial charge in [-0.15, -0.1) is 0 Å². The number of hydrogen-bond acceptors (Lipinski definition) is 10. The molecule has 2 heterocycles. The van der Waals surface area contributed by atoms with Gasteiger partial charge in [-0.3, -0.25) is 43.3 Å². The van der Waals surface area contributed by atoms with Gasteiger partial charge in [0.05, 0.1) is 12.5 Å². The number of carbonyl (C=O) groups excluding carboxylic acids is 6. The van der Waals surface area contributed by atoms with E-state index in [1.165, 1.54) is 31.2 Å². The topological polar surface area (TPSA) is 295 Å². The molecule has 270 valence electrons. The van der Waals surface area contributed by atoms with Crippen molar-refractivity contribution in [1.29, 1.82) is 0 Å². The zero-order chi connectivity index (χ0) is 36.6. The molecule has 0 aromatic heterocycles. The van der Waals surface area contributed by atoms with Gasteiger partial charge in [-0.25, -0.2) is 4.57 Å². The summed E-state index contributed by atoms with van der Waals surface area (Å²) < 4.78 is 15.6. The maximum absolute atomic E-state index is 13.7. The lowest BCUT2D eigenvalue weighted by Crippen LogP contribution is -2.61. The summed E-state index contributed by atoms with van der Waals surface area (Å²) >= 11 is 0. The molecular formula is C29H41N6O13P. The summed E-state index contributed by atoms with van der Waals surface area (Å²) in [5.41, 5.74) is 5.83. The number of phosphoric acid groups is 1. The number of nitrogens with zero attached hydrogens (tertiary/aromatic N) is 2. The maximum Gasteiger partial charge on any atom is 0.524 e. The van der Waals surface area contributed by atoms with Crippen LogP contribution in [0.25, 0.3) is 0 Å². The third-order valence-electron chi connectivity index (χ3n) is 8.02. The summed E-state index contributed by atoms with van der Waals surface area (Å²) in [5.74, 6) is -6.29. The molecule has 2 fully saturated rings. The number of benzene rings is 1. The third kappa shape index (κ3) is 11.0. The van der Waals surface area contributed by atoms with Gasteiger partial charge in [0.15, 0.2) is 0 Å². The van der Waals surface area contributed by atoms with Crippen molar-refractivity contribution in [2.45, 2.75) is 88.7 Å². The molecule has 6 amide bonds. The van der Waals surface area contributed by atoms with Crippen molar-refractivity contribution in [3.63, 3.8) is 0 Å². The molecule has 1 aromatic rings. The molecule has 1 aromatic carbocycles. The highest BCUT2D eigenvalue weighted by atomic mass is 31.2. The molecule has 2 aliphatic rings. The molecule has 0 radical (unpaired) electrons. The van der Waals surface area contributed by atoms with Crippen LogP contribution < -0.4 is 26.2 Å². The Bertz CT molecular complexity index is 1480. The Hall–Kier alpha value is -4.58. The lowest BCUT2D eigenvalue weighted by atomic mass is 10.0. The lowest BCUT2D eigenvalue weighted by Gasteiger charge is -2.32. The number of aliphatic hydroxyl groups excluding tert-OH is 1. The molecule has 0 unspecified atom stereocenters. The minimum atomic E-state index is -4.81. The molecule has 0 spiro atoms. The highest BCUT2D eigenvalue weighted by Gasteiger charge is 2.42. The Kier molecular flexibility index (Phi) is 13.2. The van der Waals surface area contributed by atoms with Gasteiger partial charge in [0.1, 0.15) is 36.0 Å². The second kappa shape index (κ2) is 16.7. The number of primary amides is 1. The standard InChI is InChI=1S/C29H41N6O13P/c1-15(36)24(33-26(41)19(31-16(2)37)13-17-7-9-18(10-8-17)48-49(45,46)47)29(44)35-12-4-6-22(35)27(42)32-20(14-23(38)39)28(43)34-11-3-5-21(34)25(30)40/h7-10,15,19-22,24,36H,3-6,11-14H2,1-2H3,(H2,30,40)(H,31,37)(H,32,42)(H,33,41)(H,38,39)(H2,45,46,47)/t15-,19+,20+,21+,22+,24+/m1/s1. The van der Waals surface area contributed by atoms with Crippen LogP contribution in [0.4, 0.5) is 0 Å². The Morgan fingerprint density at radius 3 is 2.00 bits per heavy atom. The van der Waals surface area contributed by atoms with Crippen molar-refractivity contribution >= 4 is 49.2 Å². The second-order valence-electron chi connectivity index (χ2n) is 11.9.